The van der Waals surface area contributed by atoms with Gasteiger partial charge in [-0.05, 0) is 6.92 Å². The molecule has 2 nitrogen and oxygen atoms in total. The summed E-state index contributed by atoms with van der Waals surface area (Å²) in [6, 6.07) is 0. The number of alkyl halides is 3. The molecule has 0 atom stereocenters. The molecule has 58 valence electrons. The third-order valence-corrected chi connectivity index (χ3v) is 0.814. The Bertz CT molecular complexity index is 168. The molecular weight excluding hydrogens is 149 g/mol. The van der Waals surface area contributed by atoms with Crippen molar-refractivity contribution < 1.29 is 23.1 Å². The molecule has 0 saturated heterocycles. The van der Waals surface area contributed by atoms with Crippen molar-refractivity contribution in [1.82, 2.24) is 0 Å². The highest BCUT2D eigenvalue weighted by Crippen LogP contribution is 2.24. The van der Waals surface area contributed by atoms with E-state index in [1.165, 1.54) is 0 Å². The predicted octanol–water partition coefficient (Wildman–Crippen LogP) is 0.245. The van der Waals surface area contributed by atoms with E-state index in [1.54, 1.807) is 0 Å². The number of carbonyl (C=O) groups excluding carboxylic acids is 1. The Hall–Kier alpha value is -1.00. The van der Waals surface area contributed by atoms with E-state index in [0.717, 1.165) is 6.92 Å². The van der Waals surface area contributed by atoms with Gasteiger partial charge in [-0.25, -0.2) is 0 Å². The second-order valence-electron chi connectivity index (χ2n) is 1.49. The lowest BCUT2D eigenvalue weighted by atomic mass is 10.2. The van der Waals surface area contributed by atoms with Crippen molar-refractivity contribution in [3.8, 4) is 0 Å². The van der Waals surface area contributed by atoms with Gasteiger partial charge in [-0.3, -0.25) is 0 Å². The van der Waals surface area contributed by atoms with E-state index in [4.69, 9.17) is 0 Å². The number of hydrogen-bond donors (Lipinski definition) is 0. The van der Waals surface area contributed by atoms with Gasteiger partial charge in [0, 0.05) is 0 Å². The topological polar surface area (TPSA) is 40.1 Å². The van der Waals surface area contributed by atoms with Crippen molar-refractivity contribution in [2.24, 2.45) is 0 Å². The first kappa shape index (κ1) is 9.00. The molecule has 0 bridgehead atoms. The van der Waals surface area contributed by atoms with Crippen molar-refractivity contribution in [2.75, 3.05) is 0 Å². The van der Waals surface area contributed by atoms with Gasteiger partial charge in [0.15, 0.2) is 0 Å². The monoisotopic (exact) mass is 153 g/mol. The SMILES string of the molecule is CC=C(C(=O)[O-])C(F)(F)F. The summed E-state index contributed by atoms with van der Waals surface area (Å²) in [6.45, 7) is 0.985. The number of allylic oxidation sites excluding steroid dienone is 1. The summed E-state index contributed by atoms with van der Waals surface area (Å²) in [7, 11) is 0. The summed E-state index contributed by atoms with van der Waals surface area (Å²) in [5, 5.41) is 9.68. The van der Waals surface area contributed by atoms with Gasteiger partial charge in [-0.1, -0.05) is 6.08 Å². The van der Waals surface area contributed by atoms with E-state index in [9.17, 15) is 23.1 Å². The zero-order valence-electron chi connectivity index (χ0n) is 5.03. The van der Waals surface area contributed by atoms with Crippen molar-refractivity contribution in [3.05, 3.63) is 11.6 Å². The third-order valence-electron chi connectivity index (χ3n) is 0.814. The molecular formula is C5H4F3O2-. The number of rotatable bonds is 1. The summed E-state index contributed by atoms with van der Waals surface area (Å²) in [5.41, 5.74) is -1.65. The summed E-state index contributed by atoms with van der Waals surface area (Å²) in [5.74, 6) is -2.20. The standard InChI is InChI=1S/C5H5F3O2/c1-2-3(4(9)10)5(6,7)8/h2H,1H3,(H,9,10)/p-1. The first-order valence-corrected chi connectivity index (χ1v) is 2.34. The maximum atomic E-state index is 11.5. The first-order valence-electron chi connectivity index (χ1n) is 2.34. The molecule has 5 heteroatoms. The van der Waals surface area contributed by atoms with E-state index in [-0.39, 0.29) is 0 Å². The number of hydrogen-bond acceptors (Lipinski definition) is 2. The quantitative estimate of drug-likeness (QED) is 0.506. The fourth-order valence-electron chi connectivity index (χ4n) is 0.397. The second-order valence-corrected chi connectivity index (χ2v) is 1.49. The second kappa shape index (κ2) is 2.72. The number of aliphatic carboxylic acids is 1. The molecule has 0 aromatic rings. The average molecular weight is 153 g/mol. The number of carboxylic acids is 1. The molecule has 0 saturated carbocycles. The van der Waals surface area contributed by atoms with Crippen LogP contribution in [0.4, 0.5) is 13.2 Å². The minimum Gasteiger partial charge on any atom is -0.545 e. The molecule has 0 radical (unpaired) electrons. The lowest BCUT2D eigenvalue weighted by Crippen LogP contribution is -2.32. The molecule has 0 aliphatic rings. The van der Waals surface area contributed by atoms with Crippen LogP contribution < -0.4 is 5.11 Å². The predicted molar refractivity (Wildman–Crippen MR) is 24.8 cm³/mol. The number of carboxylic acid groups (broad SMARTS) is 1. The van der Waals surface area contributed by atoms with Gasteiger partial charge >= 0.3 is 6.18 Å². The minimum absolute atomic E-state index is 0.454. The van der Waals surface area contributed by atoms with Crippen LogP contribution in [-0.4, -0.2) is 12.1 Å². The highest BCUT2D eigenvalue weighted by Gasteiger charge is 2.33. The maximum Gasteiger partial charge on any atom is 0.417 e. The Balaban J connectivity index is 4.56. The Morgan fingerprint density at radius 2 is 1.90 bits per heavy atom. The molecule has 0 rings (SSSR count). The Labute approximate surface area is 55.0 Å². The van der Waals surface area contributed by atoms with Crippen LogP contribution in [0, 0.1) is 0 Å². The molecule has 0 amide bonds. The van der Waals surface area contributed by atoms with Crippen molar-refractivity contribution >= 4 is 5.97 Å². The molecule has 0 spiro atoms. The van der Waals surface area contributed by atoms with Crippen LogP contribution in [-0.2, 0) is 4.79 Å². The fraction of sp³-hybridized carbons (Fsp3) is 0.400. The van der Waals surface area contributed by atoms with Crippen LogP contribution in [0.5, 0.6) is 0 Å². The Kier molecular flexibility index (Phi) is 2.45. The van der Waals surface area contributed by atoms with Crippen molar-refractivity contribution in [3.63, 3.8) is 0 Å². The van der Waals surface area contributed by atoms with Crippen LogP contribution in [0.25, 0.3) is 0 Å². The average Bonchev–Trinajstić information content (AvgIpc) is 1.60. The highest BCUT2D eigenvalue weighted by molar-refractivity contribution is 5.86. The molecule has 0 aromatic heterocycles. The summed E-state index contributed by atoms with van der Waals surface area (Å²) < 4.78 is 34.4. The highest BCUT2D eigenvalue weighted by atomic mass is 19.4. The molecule has 0 N–H and O–H groups in total. The van der Waals surface area contributed by atoms with Crippen LogP contribution in [0.2, 0.25) is 0 Å². The van der Waals surface area contributed by atoms with Crippen LogP contribution in [0.1, 0.15) is 6.92 Å². The zero-order valence-corrected chi connectivity index (χ0v) is 5.03. The zero-order chi connectivity index (χ0) is 8.36. The van der Waals surface area contributed by atoms with Gasteiger partial charge in [0.05, 0.1) is 11.5 Å². The van der Waals surface area contributed by atoms with Crippen molar-refractivity contribution in [2.45, 2.75) is 13.1 Å². The van der Waals surface area contributed by atoms with Gasteiger partial charge in [-0.15, -0.1) is 0 Å². The summed E-state index contributed by atoms with van der Waals surface area (Å²) in [6.07, 6.45) is -4.36. The number of carbonyl (C=O) groups is 1. The van der Waals surface area contributed by atoms with E-state index >= 15 is 0 Å². The molecule has 0 fully saturated rings. The first-order chi connectivity index (χ1) is 4.39. The summed E-state index contributed by atoms with van der Waals surface area (Å²) >= 11 is 0. The van der Waals surface area contributed by atoms with E-state index in [0.29, 0.717) is 6.08 Å². The Morgan fingerprint density at radius 3 is 1.90 bits per heavy atom. The van der Waals surface area contributed by atoms with E-state index < -0.39 is 17.7 Å². The summed E-state index contributed by atoms with van der Waals surface area (Å²) in [4.78, 5) is 9.68. The fourth-order valence-corrected chi connectivity index (χ4v) is 0.397. The van der Waals surface area contributed by atoms with Crippen LogP contribution in [0.3, 0.4) is 0 Å². The van der Waals surface area contributed by atoms with E-state index in [2.05, 4.69) is 0 Å². The lowest BCUT2D eigenvalue weighted by Gasteiger charge is -2.10. The van der Waals surface area contributed by atoms with Crippen LogP contribution in [0.15, 0.2) is 11.6 Å². The van der Waals surface area contributed by atoms with Gasteiger partial charge in [0.25, 0.3) is 0 Å². The molecule has 10 heavy (non-hydrogen) atoms. The molecule has 0 aliphatic carbocycles. The Morgan fingerprint density at radius 1 is 1.50 bits per heavy atom. The van der Waals surface area contributed by atoms with E-state index in [1.807, 2.05) is 0 Å². The van der Waals surface area contributed by atoms with Crippen LogP contribution >= 0.6 is 0 Å². The van der Waals surface area contributed by atoms with Crippen molar-refractivity contribution in [1.29, 1.82) is 0 Å². The third kappa shape index (κ3) is 2.08. The van der Waals surface area contributed by atoms with Gasteiger partial charge in [0.1, 0.15) is 0 Å². The maximum absolute atomic E-state index is 11.5. The number of halogens is 3. The largest absolute Gasteiger partial charge is 0.545 e. The minimum atomic E-state index is -4.81. The van der Waals surface area contributed by atoms with Gasteiger partial charge in [0.2, 0.25) is 0 Å². The smallest absolute Gasteiger partial charge is 0.417 e. The molecule has 0 heterocycles. The lowest BCUT2D eigenvalue weighted by molar-refractivity contribution is -0.303. The van der Waals surface area contributed by atoms with Gasteiger partial charge < -0.3 is 9.90 Å². The molecule has 0 aliphatic heterocycles. The molecule has 0 unspecified atom stereocenters. The van der Waals surface area contributed by atoms with Gasteiger partial charge in [-0.2, -0.15) is 13.2 Å². The molecule has 0 aromatic carbocycles. The normalized spacial score (nSPS) is 13.4.